The lowest BCUT2D eigenvalue weighted by molar-refractivity contribution is 0.102. The molecule has 7 nitrogen and oxygen atoms in total. The summed E-state index contributed by atoms with van der Waals surface area (Å²) in [4.78, 5) is 21.3. The summed E-state index contributed by atoms with van der Waals surface area (Å²) in [6.45, 7) is 0. The van der Waals surface area contributed by atoms with Crippen molar-refractivity contribution in [2.45, 2.75) is 10.1 Å². The second-order valence-electron chi connectivity index (χ2n) is 5.50. The monoisotopic (exact) mass is 397 g/mol. The number of nitrogens with one attached hydrogen (secondary N) is 2. The summed E-state index contributed by atoms with van der Waals surface area (Å²) in [6.07, 6.45) is 0. The van der Waals surface area contributed by atoms with E-state index in [1.54, 1.807) is 47.4 Å². The fourth-order valence-corrected chi connectivity index (χ4v) is 4.39. The third-order valence-corrected chi connectivity index (χ3v) is 5.91. The van der Waals surface area contributed by atoms with Crippen LogP contribution in [0.4, 0.5) is 5.95 Å². The van der Waals surface area contributed by atoms with Gasteiger partial charge in [0.2, 0.25) is 5.95 Å². The Hall–Kier alpha value is -2.91. The molecule has 0 saturated heterocycles. The molecule has 4 aromatic rings. The standard InChI is InChI=1S/C18H15N5O2S2/c1-25-13-8-4-2-6-11(13)16(24)21-17-20-15(22-23-17)10-26-18-19-12-7-3-5-9-14(12)27-18/h2-9H,10H2,1H3,(H2,20,21,22,23,24). The minimum absolute atomic E-state index is 0.228. The van der Waals surface area contributed by atoms with Crippen LogP contribution in [-0.4, -0.2) is 33.2 Å². The van der Waals surface area contributed by atoms with Crippen molar-refractivity contribution in [3.63, 3.8) is 0 Å². The topological polar surface area (TPSA) is 92.8 Å². The Balaban J connectivity index is 1.40. The van der Waals surface area contributed by atoms with Gasteiger partial charge >= 0.3 is 0 Å². The lowest BCUT2D eigenvalue weighted by Crippen LogP contribution is -2.14. The number of nitrogens with zero attached hydrogens (tertiary/aromatic N) is 3. The quantitative estimate of drug-likeness (QED) is 0.478. The van der Waals surface area contributed by atoms with Crippen LogP contribution >= 0.6 is 23.1 Å². The van der Waals surface area contributed by atoms with E-state index in [-0.39, 0.29) is 11.9 Å². The number of fused-ring (bicyclic) bond motifs is 1. The Morgan fingerprint density at radius 1 is 1.19 bits per heavy atom. The number of para-hydroxylation sites is 2. The smallest absolute Gasteiger partial charge is 0.261 e. The van der Waals surface area contributed by atoms with Crippen molar-refractivity contribution >= 4 is 45.2 Å². The van der Waals surface area contributed by atoms with E-state index in [2.05, 4.69) is 31.5 Å². The van der Waals surface area contributed by atoms with Crippen LogP contribution < -0.4 is 10.1 Å². The number of benzene rings is 2. The number of hydrogen-bond acceptors (Lipinski definition) is 7. The molecule has 2 aromatic heterocycles. The first-order chi connectivity index (χ1) is 13.2. The van der Waals surface area contributed by atoms with Crippen molar-refractivity contribution in [2.24, 2.45) is 0 Å². The number of amides is 1. The van der Waals surface area contributed by atoms with Crippen LogP contribution in [0.2, 0.25) is 0 Å². The van der Waals surface area contributed by atoms with Gasteiger partial charge in [-0.05, 0) is 24.3 Å². The molecule has 0 saturated carbocycles. The molecule has 0 bridgehead atoms. The predicted octanol–water partition coefficient (Wildman–Crippen LogP) is 3.97. The molecule has 4 rings (SSSR count). The molecule has 27 heavy (non-hydrogen) atoms. The number of aromatic amines is 1. The van der Waals surface area contributed by atoms with Crippen LogP contribution in [-0.2, 0) is 5.75 Å². The molecular weight excluding hydrogens is 382 g/mol. The van der Waals surface area contributed by atoms with Crippen molar-refractivity contribution in [2.75, 3.05) is 12.4 Å². The Bertz CT molecular complexity index is 1060. The summed E-state index contributed by atoms with van der Waals surface area (Å²) < 4.78 is 7.32. The Labute approximate surface area is 163 Å². The highest BCUT2D eigenvalue weighted by atomic mass is 32.2. The third kappa shape index (κ3) is 3.93. The first-order valence-electron chi connectivity index (χ1n) is 8.07. The Morgan fingerprint density at radius 3 is 2.85 bits per heavy atom. The summed E-state index contributed by atoms with van der Waals surface area (Å²) >= 11 is 3.22. The Morgan fingerprint density at radius 2 is 2.00 bits per heavy atom. The highest BCUT2D eigenvalue weighted by molar-refractivity contribution is 8.00. The average Bonchev–Trinajstić information content (AvgIpc) is 3.32. The molecule has 2 N–H and O–H groups in total. The van der Waals surface area contributed by atoms with Crippen molar-refractivity contribution < 1.29 is 9.53 Å². The van der Waals surface area contributed by atoms with Crippen LogP contribution in [0.25, 0.3) is 10.2 Å². The Kier molecular flexibility index (Phi) is 5.03. The number of anilines is 1. The number of carbonyl (C=O) groups excluding carboxylic acids is 1. The maximum atomic E-state index is 12.4. The lowest BCUT2D eigenvalue weighted by Gasteiger charge is -2.06. The van der Waals surface area contributed by atoms with E-state index in [9.17, 15) is 4.79 Å². The van der Waals surface area contributed by atoms with Gasteiger partial charge in [0, 0.05) is 0 Å². The number of ether oxygens (including phenoxy) is 1. The molecule has 0 fully saturated rings. The first kappa shape index (κ1) is 17.5. The summed E-state index contributed by atoms with van der Waals surface area (Å²) in [5.41, 5.74) is 1.42. The number of rotatable bonds is 6. The van der Waals surface area contributed by atoms with Crippen molar-refractivity contribution in [3.8, 4) is 5.75 Å². The zero-order valence-corrected chi connectivity index (χ0v) is 15.9. The van der Waals surface area contributed by atoms with Gasteiger partial charge in [0.25, 0.3) is 5.91 Å². The molecule has 0 spiro atoms. The molecule has 0 aliphatic carbocycles. The first-order valence-corrected chi connectivity index (χ1v) is 9.87. The molecule has 2 heterocycles. The molecular formula is C18H15N5O2S2. The van der Waals surface area contributed by atoms with Gasteiger partial charge in [0.05, 0.1) is 28.6 Å². The van der Waals surface area contributed by atoms with Gasteiger partial charge in [-0.1, -0.05) is 36.0 Å². The largest absolute Gasteiger partial charge is 0.496 e. The predicted molar refractivity (Wildman–Crippen MR) is 107 cm³/mol. The van der Waals surface area contributed by atoms with E-state index in [0.717, 1.165) is 14.6 Å². The molecule has 9 heteroatoms. The third-order valence-electron chi connectivity index (χ3n) is 3.72. The number of carbonyl (C=O) groups is 1. The fraction of sp³-hybridized carbons (Fsp3) is 0.111. The summed E-state index contributed by atoms with van der Waals surface area (Å²) in [5, 5.41) is 9.58. The van der Waals surface area contributed by atoms with E-state index < -0.39 is 0 Å². The molecule has 2 aromatic carbocycles. The molecule has 0 radical (unpaired) electrons. The normalized spacial score (nSPS) is 10.9. The maximum Gasteiger partial charge on any atom is 0.261 e. The average molecular weight is 397 g/mol. The highest BCUT2D eigenvalue weighted by Crippen LogP contribution is 2.30. The summed E-state index contributed by atoms with van der Waals surface area (Å²) in [6, 6.07) is 15.0. The minimum Gasteiger partial charge on any atom is -0.496 e. The van der Waals surface area contributed by atoms with Crippen molar-refractivity contribution in [3.05, 3.63) is 59.9 Å². The van der Waals surface area contributed by atoms with E-state index in [0.29, 0.717) is 22.9 Å². The minimum atomic E-state index is -0.322. The molecule has 1 amide bonds. The van der Waals surface area contributed by atoms with Crippen LogP contribution in [0.15, 0.2) is 52.9 Å². The van der Waals surface area contributed by atoms with Gasteiger partial charge < -0.3 is 4.74 Å². The highest BCUT2D eigenvalue weighted by Gasteiger charge is 2.14. The van der Waals surface area contributed by atoms with Crippen LogP contribution in [0, 0.1) is 0 Å². The number of methoxy groups -OCH3 is 1. The van der Waals surface area contributed by atoms with Gasteiger partial charge in [-0.15, -0.1) is 16.4 Å². The fourth-order valence-electron chi connectivity index (χ4n) is 2.46. The molecule has 0 aliphatic rings. The van der Waals surface area contributed by atoms with Crippen molar-refractivity contribution in [1.29, 1.82) is 0 Å². The van der Waals surface area contributed by atoms with Crippen LogP contribution in [0.5, 0.6) is 5.75 Å². The van der Waals surface area contributed by atoms with E-state index >= 15 is 0 Å². The molecule has 136 valence electrons. The van der Waals surface area contributed by atoms with E-state index in [1.165, 1.54) is 7.11 Å². The number of aromatic nitrogens is 4. The molecule has 0 unspecified atom stereocenters. The summed E-state index contributed by atoms with van der Waals surface area (Å²) in [5.74, 6) is 1.64. The van der Waals surface area contributed by atoms with Crippen molar-refractivity contribution in [1.82, 2.24) is 20.2 Å². The summed E-state index contributed by atoms with van der Waals surface area (Å²) in [7, 11) is 1.52. The van der Waals surface area contributed by atoms with E-state index in [4.69, 9.17) is 4.74 Å². The van der Waals surface area contributed by atoms with Crippen LogP contribution in [0.3, 0.4) is 0 Å². The number of thiazole rings is 1. The zero-order chi connectivity index (χ0) is 18.6. The lowest BCUT2D eigenvalue weighted by atomic mass is 10.2. The second-order valence-corrected chi connectivity index (χ2v) is 7.75. The SMILES string of the molecule is COc1ccccc1C(=O)Nc1n[nH]c(CSc2nc3ccccc3s2)n1. The van der Waals surface area contributed by atoms with Gasteiger partial charge in [-0.25, -0.2) is 4.98 Å². The van der Waals surface area contributed by atoms with Gasteiger partial charge in [0.15, 0.2) is 4.34 Å². The van der Waals surface area contributed by atoms with E-state index in [1.807, 2.05) is 18.2 Å². The second kappa shape index (κ2) is 7.77. The number of thioether (sulfide) groups is 1. The molecule has 0 atom stereocenters. The van der Waals surface area contributed by atoms with Gasteiger partial charge in [0.1, 0.15) is 11.6 Å². The van der Waals surface area contributed by atoms with Gasteiger partial charge in [-0.3, -0.25) is 15.2 Å². The van der Waals surface area contributed by atoms with Crippen LogP contribution in [0.1, 0.15) is 16.2 Å². The number of hydrogen-bond donors (Lipinski definition) is 2. The van der Waals surface area contributed by atoms with Gasteiger partial charge in [-0.2, -0.15) is 4.98 Å². The molecule has 0 aliphatic heterocycles. The zero-order valence-electron chi connectivity index (χ0n) is 14.3. The maximum absolute atomic E-state index is 12.4. The number of H-pyrrole nitrogens is 1.